The second kappa shape index (κ2) is 7.28. The number of hydrogen-bond acceptors (Lipinski definition) is 6. The molecule has 0 spiro atoms. The molecule has 0 aliphatic carbocycles. The van der Waals surface area contributed by atoms with Crippen molar-refractivity contribution in [2.75, 3.05) is 5.32 Å². The lowest BCUT2D eigenvalue weighted by atomic mass is 10.1. The summed E-state index contributed by atoms with van der Waals surface area (Å²) in [5.41, 5.74) is 1.74. The summed E-state index contributed by atoms with van der Waals surface area (Å²) >= 11 is 0. The zero-order valence-electron chi connectivity index (χ0n) is 14.5. The molecule has 1 N–H and O–H groups in total. The maximum absolute atomic E-state index is 13.3. The summed E-state index contributed by atoms with van der Waals surface area (Å²) < 4.78 is 13.3. The van der Waals surface area contributed by atoms with E-state index in [0.717, 1.165) is 4.80 Å². The third-order valence-electron chi connectivity index (χ3n) is 3.84. The number of rotatable bonds is 5. The number of nitro benzene ring substituents is 1. The first kappa shape index (κ1) is 18.1. The summed E-state index contributed by atoms with van der Waals surface area (Å²) in [4.78, 5) is 23.7. The summed E-state index contributed by atoms with van der Waals surface area (Å²) in [6.07, 6.45) is 0. The minimum absolute atomic E-state index is 0.0827. The molecule has 10 heteroatoms. The van der Waals surface area contributed by atoms with Gasteiger partial charge in [-0.3, -0.25) is 14.9 Å². The van der Waals surface area contributed by atoms with E-state index in [2.05, 4.69) is 20.7 Å². The van der Waals surface area contributed by atoms with Gasteiger partial charge in [0, 0.05) is 22.9 Å². The molecule has 0 fully saturated rings. The highest BCUT2D eigenvalue weighted by atomic mass is 19.1. The first-order valence-electron chi connectivity index (χ1n) is 7.92. The van der Waals surface area contributed by atoms with Crippen molar-refractivity contribution in [2.45, 2.75) is 20.4 Å². The third kappa shape index (κ3) is 4.11. The predicted octanol–water partition coefficient (Wildman–Crippen LogP) is 2.64. The molecule has 0 aliphatic rings. The van der Waals surface area contributed by atoms with E-state index in [9.17, 15) is 19.3 Å². The average Bonchev–Trinajstić information content (AvgIpc) is 3.07. The van der Waals surface area contributed by atoms with Gasteiger partial charge in [0.1, 0.15) is 12.4 Å². The fourth-order valence-corrected chi connectivity index (χ4v) is 2.42. The van der Waals surface area contributed by atoms with Crippen molar-refractivity contribution in [3.63, 3.8) is 0 Å². The van der Waals surface area contributed by atoms with Crippen LogP contribution in [-0.2, 0) is 11.3 Å². The van der Waals surface area contributed by atoms with Gasteiger partial charge in [-0.2, -0.15) is 4.80 Å². The first-order valence-corrected chi connectivity index (χ1v) is 7.92. The van der Waals surface area contributed by atoms with Gasteiger partial charge in [-0.25, -0.2) is 4.39 Å². The lowest BCUT2D eigenvalue weighted by Crippen LogP contribution is -2.20. The molecule has 27 heavy (non-hydrogen) atoms. The van der Waals surface area contributed by atoms with E-state index in [0.29, 0.717) is 22.4 Å². The van der Waals surface area contributed by atoms with Crippen LogP contribution in [0.15, 0.2) is 36.4 Å². The maximum atomic E-state index is 13.3. The number of nitro groups is 1. The fraction of sp³-hybridized carbons (Fsp3) is 0.176. The molecule has 138 valence electrons. The van der Waals surface area contributed by atoms with Gasteiger partial charge in [-0.1, -0.05) is 6.07 Å². The van der Waals surface area contributed by atoms with Crippen molar-refractivity contribution in [1.82, 2.24) is 20.2 Å². The largest absolute Gasteiger partial charge is 0.324 e. The van der Waals surface area contributed by atoms with Crippen molar-refractivity contribution in [3.8, 4) is 11.4 Å². The zero-order valence-corrected chi connectivity index (χ0v) is 14.5. The smallest absolute Gasteiger partial charge is 0.274 e. The summed E-state index contributed by atoms with van der Waals surface area (Å²) in [5.74, 6) is -0.540. The minimum atomic E-state index is -0.513. The number of hydrogen-bond donors (Lipinski definition) is 1. The van der Waals surface area contributed by atoms with Crippen molar-refractivity contribution < 1.29 is 14.1 Å². The molecule has 0 unspecified atom stereocenters. The predicted molar refractivity (Wildman–Crippen MR) is 94.4 cm³/mol. The molecule has 2 aromatic carbocycles. The van der Waals surface area contributed by atoms with Crippen molar-refractivity contribution >= 4 is 17.3 Å². The van der Waals surface area contributed by atoms with E-state index in [1.165, 1.54) is 18.2 Å². The van der Waals surface area contributed by atoms with E-state index < -0.39 is 10.8 Å². The number of aromatic nitrogens is 4. The van der Waals surface area contributed by atoms with Crippen molar-refractivity contribution in [2.24, 2.45) is 0 Å². The van der Waals surface area contributed by atoms with Crippen molar-refractivity contribution in [1.29, 1.82) is 0 Å². The number of carbonyl (C=O) groups excluding carboxylic acids is 1. The van der Waals surface area contributed by atoms with Gasteiger partial charge in [0.15, 0.2) is 0 Å². The molecule has 3 aromatic rings. The lowest BCUT2D eigenvalue weighted by molar-refractivity contribution is -0.385. The Hall–Kier alpha value is -3.69. The fourth-order valence-electron chi connectivity index (χ4n) is 2.42. The standard InChI is InChI=1S/C17H15FN6O3/c1-10-3-5-13(8-15(10)24(26)27)19-16(25)9-23-21-17(20-22-23)12-4-6-14(18)11(2)7-12/h3-8H,9H2,1-2H3,(H,19,25). The van der Waals surface area contributed by atoms with E-state index in [-0.39, 0.29) is 23.9 Å². The number of halogens is 1. The first-order chi connectivity index (χ1) is 12.8. The van der Waals surface area contributed by atoms with Crippen LogP contribution in [0.3, 0.4) is 0 Å². The number of carbonyl (C=O) groups is 1. The van der Waals surface area contributed by atoms with Gasteiger partial charge in [-0.15, -0.1) is 10.2 Å². The molecule has 0 aliphatic heterocycles. The normalized spacial score (nSPS) is 10.6. The van der Waals surface area contributed by atoms with E-state index in [1.54, 1.807) is 32.0 Å². The summed E-state index contributed by atoms with van der Waals surface area (Å²) in [5, 5.41) is 25.3. The molecule has 0 bridgehead atoms. The minimum Gasteiger partial charge on any atom is -0.324 e. The highest BCUT2D eigenvalue weighted by Gasteiger charge is 2.14. The molecule has 1 amide bonds. The highest BCUT2D eigenvalue weighted by molar-refractivity contribution is 5.90. The summed E-state index contributed by atoms with van der Waals surface area (Å²) in [6, 6.07) is 8.83. The Balaban J connectivity index is 1.70. The molecule has 3 rings (SSSR count). The maximum Gasteiger partial charge on any atom is 0.274 e. The van der Waals surface area contributed by atoms with E-state index in [1.807, 2.05) is 0 Å². The quantitative estimate of drug-likeness (QED) is 0.545. The monoisotopic (exact) mass is 370 g/mol. The second-order valence-corrected chi connectivity index (χ2v) is 5.91. The number of tetrazole rings is 1. The molecule has 0 radical (unpaired) electrons. The van der Waals surface area contributed by atoms with Gasteiger partial charge >= 0.3 is 0 Å². The van der Waals surface area contributed by atoms with Crippen LogP contribution in [0, 0.1) is 29.8 Å². The SMILES string of the molecule is Cc1cc(-c2nnn(CC(=O)Nc3ccc(C)c([N+](=O)[O-])c3)n2)ccc1F. The van der Waals surface area contributed by atoms with E-state index >= 15 is 0 Å². The molecule has 9 nitrogen and oxygen atoms in total. The number of aryl methyl sites for hydroxylation is 2. The molecule has 1 heterocycles. The van der Waals surface area contributed by atoms with Crippen LogP contribution < -0.4 is 5.32 Å². The van der Waals surface area contributed by atoms with Crippen LogP contribution >= 0.6 is 0 Å². The summed E-state index contributed by atoms with van der Waals surface area (Å²) in [7, 11) is 0. The van der Waals surface area contributed by atoms with Crippen LogP contribution in [0.1, 0.15) is 11.1 Å². The van der Waals surface area contributed by atoms with E-state index in [4.69, 9.17) is 0 Å². The Bertz CT molecular complexity index is 1030. The van der Waals surface area contributed by atoms with Crippen molar-refractivity contribution in [3.05, 3.63) is 63.5 Å². The zero-order chi connectivity index (χ0) is 19.6. The third-order valence-corrected chi connectivity index (χ3v) is 3.84. The van der Waals surface area contributed by atoms with Crippen LogP contribution in [-0.4, -0.2) is 31.0 Å². The Labute approximate surface area is 153 Å². The second-order valence-electron chi connectivity index (χ2n) is 5.91. The number of nitrogens with one attached hydrogen (secondary N) is 1. The van der Waals surface area contributed by atoms with Gasteiger partial charge in [0.2, 0.25) is 11.7 Å². The lowest BCUT2D eigenvalue weighted by Gasteiger charge is -2.05. The van der Waals surface area contributed by atoms with Crippen LogP contribution in [0.25, 0.3) is 11.4 Å². The highest BCUT2D eigenvalue weighted by Crippen LogP contribution is 2.22. The number of amides is 1. The molecule has 0 atom stereocenters. The molecule has 0 saturated heterocycles. The van der Waals surface area contributed by atoms with Crippen LogP contribution in [0.2, 0.25) is 0 Å². The Morgan fingerprint density at radius 2 is 2.00 bits per heavy atom. The van der Waals surface area contributed by atoms with Crippen LogP contribution in [0.4, 0.5) is 15.8 Å². The Morgan fingerprint density at radius 1 is 1.22 bits per heavy atom. The molecule has 0 saturated carbocycles. The number of nitrogens with zero attached hydrogens (tertiary/aromatic N) is 5. The summed E-state index contributed by atoms with van der Waals surface area (Å²) in [6.45, 7) is 3.01. The molecule has 1 aromatic heterocycles. The molecular weight excluding hydrogens is 355 g/mol. The Morgan fingerprint density at radius 3 is 2.70 bits per heavy atom. The number of anilines is 1. The average molecular weight is 370 g/mol. The number of benzene rings is 2. The Kier molecular flexibility index (Phi) is 4.88. The molecular formula is C17H15FN6O3. The van der Waals surface area contributed by atoms with Gasteiger partial charge in [0.05, 0.1) is 4.92 Å². The van der Waals surface area contributed by atoms with Gasteiger partial charge < -0.3 is 5.32 Å². The van der Waals surface area contributed by atoms with Crippen LogP contribution in [0.5, 0.6) is 0 Å². The van der Waals surface area contributed by atoms with Gasteiger partial charge in [-0.05, 0) is 48.9 Å². The topological polar surface area (TPSA) is 116 Å². The van der Waals surface area contributed by atoms with Gasteiger partial charge in [0.25, 0.3) is 5.69 Å².